The number of hydrogen-bond donors (Lipinski definition) is 3. The number of hydrogen-bond acceptors (Lipinski definition) is 5. The zero-order valence-corrected chi connectivity index (χ0v) is 11.8. The van der Waals surface area contributed by atoms with Gasteiger partial charge in [-0.1, -0.05) is 11.6 Å². The molecule has 0 radical (unpaired) electrons. The summed E-state index contributed by atoms with van der Waals surface area (Å²) in [4.78, 5) is -0.527. The fourth-order valence-electron chi connectivity index (χ4n) is 1.08. The van der Waals surface area contributed by atoms with Gasteiger partial charge >= 0.3 is 0 Å². The molecule has 0 fully saturated rings. The number of nitrogens with two attached hydrogens (primary N) is 1. The summed E-state index contributed by atoms with van der Waals surface area (Å²) >= 11 is 10.2. The maximum Gasteiger partial charge on any atom is 0.218 e. The molecule has 100 valence electrons. The highest BCUT2D eigenvalue weighted by molar-refractivity contribution is 7.95. The normalized spacial score (nSPS) is 11.5. The Balaban J connectivity index is 3.06. The minimum atomic E-state index is -3.91. The number of allylic oxidation sites excluding steroid dienone is 1. The fraction of sp³-hybridized carbons (Fsp3) is 0. The molecule has 0 amide bonds. The molecule has 6 nitrogen and oxygen atoms in total. The molecule has 4 N–H and O–H groups in total. The Morgan fingerprint density at radius 1 is 1.42 bits per heavy atom. The molecular weight excluding hydrogens is 308 g/mol. The number of nitriles is 1. The average molecular weight is 317 g/mol. The lowest BCUT2D eigenvalue weighted by Crippen LogP contribution is -2.38. The van der Waals surface area contributed by atoms with Gasteiger partial charge in [-0.15, -0.1) is 0 Å². The van der Waals surface area contributed by atoms with Crippen LogP contribution >= 0.6 is 23.8 Å². The Labute approximate surface area is 120 Å². The topological polar surface area (TPSA) is 108 Å². The highest BCUT2D eigenvalue weighted by Gasteiger charge is 2.20. The summed E-state index contributed by atoms with van der Waals surface area (Å²) < 4.78 is 24.2. The van der Waals surface area contributed by atoms with E-state index in [-0.39, 0.29) is 10.0 Å². The van der Waals surface area contributed by atoms with Crippen molar-refractivity contribution in [3.8, 4) is 6.07 Å². The van der Waals surface area contributed by atoms with Crippen LogP contribution in [0.2, 0.25) is 5.02 Å². The molecule has 0 aromatic heterocycles. The van der Waals surface area contributed by atoms with Crippen molar-refractivity contribution in [1.29, 1.82) is 5.26 Å². The van der Waals surface area contributed by atoms with Gasteiger partial charge in [-0.2, -0.15) is 5.26 Å². The van der Waals surface area contributed by atoms with Crippen molar-refractivity contribution in [1.82, 2.24) is 10.9 Å². The van der Waals surface area contributed by atoms with Gasteiger partial charge < -0.3 is 11.2 Å². The highest BCUT2D eigenvalue weighted by Crippen LogP contribution is 2.20. The first kappa shape index (κ1) is 15.2. The summed E-state index contributed by atoms with van der Waals surface area (Å²) in [6.45, 7) is 0. The van der Waals surface area contributed by atoms with Crippen LogP contribution in [0.25, 0.3) is 0 Å². The third-order valence-corrected chi connectivity index (χ3v) is 3.96. The highest BCUT2D eigenvalue weighted by atomic mass is 35.5. The summed E-state index contributed by atoms with van der Waals surface area (Å²) in [6, 6.07) is 7.04. The van der Waals surface area contributed by atoms with Crippen LogP contribution in [-0.4, -0.2) is 13.5 Å². The molecule has 1 rings (SSSR count). The van der Waals surface area contributed by atoms with Gasteiger partial charge in [-0.3, -0.25) is 5.43 Å². The molecule has 19 heavy (non-hydrogen) atoms. The molecule has 0 spiro atoms. The number of hydrazine groups is 1. The fourth-order valence-corrected chi connectivity index (χ4v) is 2.35. The van der Waals surface area contributed by atoms with E-state index in [0.717, 1.165) is 6.20 Å². The van der Waals surface area contributed by atoms with E-state index in [1.54, 1.807) is 6.07 Å². The number of halogens is 1. The maximum atomic E-state index is 12.1. The van der Waals surface area contributed by atoms with E-state index < -0.39 is 14.7 Å². The minimum Gasteiger partial charge on any atom is -0.375 e. The molecule has 0 aliphatic heterocycles. The van der Waals surface area contributed by atoms with E-state index in [2.05, 4.69) is 23.1 Å². The standard InChI is InChI=1S/C10H9ClN4O2S2/c11-7-1-3-8(4-2-7)19(16,17)9(5-12)6-14-15-10(13)18/h1-4,6,14H,(H3,13,15,18)/b9-6+. The van der Waals surface area contributed by atoms with Crippen molar-refractivity contribution in [2.45, 2.75) is 4.90 Å². The SMILES string of the molecule is N#C/C(=C\NNC(N)=S)S(=O)(=O)c1ccc(Cl)cc1. The predicted octanol–water partition coefficient (Wildman–Crippen LogP) is 0.816. The van der Waals surface area contributed by atoms with Crippen LogP contribution in [0, 0.1) is 11.3 Å². The number of benzene rings is 1. The van der Waals surface area contributed by atoms with Crippen LogP contribution in [0.4, 0.5) is 0 Å². The van der Waals surface area contributed by atoms with Crippen LogP contribution in [-0.2, 0) is 9.84 Å². The zero-order valence-electron chi connectivity index (χ0n) is 9.42. The van der Waals surface area contributed by atoms with Gasteiger partial charge in [0.05, 0.1) is 4.90 Å². The van der Waals surface area contributed by atoms with Gasteiger partial charge in [-0.05, 0) is 36.5 Å². The summed E-state index contributed by atoms with van der Waals surface area (Å²) in [5.41, 5.74) is 9.74. The average Bonchev–Trinajstić information content (AvgIpc) is 2.34. The van der Waals surface area contributed by atoms with Crippen molar-refractivity contribution < 1.29 is 8.42 Å². The third kappa shape index (κ3) is 4.10. The Kier molecular flexibility index (Phi) is 5.11. The minimum absolute atomic E-state index is 0.0400. The van der Waals surface area contributed by atoms with Crippen molar-refractivity contribution in [3.63, 3.8) is 0 Å². The first-order chi connectivity index (χ1) is 8.87. The van der Waals surface area contributed by atoms with Crippen molar-refractivity contribution in [2.75, 3.05) is 0 Å². The predicted molar refractivity (Wildman–Crippen MR) is 75.4 cm³/mol. The molecule has 0 atom stereocenters. The number of thiocarbonyl (C=S) groups is 1. The van der Waals surface area contributed by atoms with Crippen molar-refractivity contribution in [2.24, 2.45) is 5.73 Å². The largest absolute Gasteiger partial charge is 0.375 e. The molecular formula is C10H9ClN4O2S2. The van der Waals surface area contributed by atoms with E-state index in [1.807, 2.05) is 0 Å². The number of nitrogens with one attached hydrogen (secondary N) is 2. The molecule has 0 saturated carbocycles. The van der Waals surface area contributed by atoms with E-state index in [4.69, 9.17) is 22.6 Å². The van der Waals surface area contributed by atoms with E-state index in [0.29, 0.717) is 5.02 Å². The van der Waals surface area contributed by atoms with Gasteiger partial charge in [0.1, 0.15) is 6.07 Å². The van der Waals surface area contributed by atoms with Gasteiger partial charge in [0.25, 0.3) is 0 Å². The molecule has 0 bridgehead atoms. The molecule has 0 aliphatic carbocycles. The molecule has 0 heterocycles. The maximum absolute atomic E-state index is 12.1. The second-order valence-corrected chi connectivity index (χ2v) is 6.01. The lowest BCUT2D eigenvalue weighted by Gasteiger charge is -2.05. The first-order valence-corrected chi connectivity index (χ1v) is 7.07. The number of sulfone groups is 1. The molecule has 1 aromatic carbocycles. The Morgan fingerprint density at radius 3 is 2.47 bits per heavy atom. The van der Waals surface area contributed by atoms with E-state index in [1.165, 1.54) is 24.3 Å². The molecule has 1 aromatic rings. The Bertz CT molecular complexity index is 647. The van der Waals surface area contributed by atoms with E-state index in [9.17, 15) is 8.42 Å². The Hall–Kier alpha value is -1.82. The number of nitrogens with zero attached hydrogens (tertiary/aromatic N) is 1. The number of rotatable bonds is 4. The smallest absolute Gasteiger partial charge is 0.218 e. The third-order valence-electron chi connectivity index (χ3n) is 1.92. The summed E-state index contributed by atoms with van der Waals surface area (Å²) in [7, 11) is -3.91. The first-order valence-electron chi connectivity index (χ1n) is 4.80. The summed E-state index contributed by atoms with van der Waals surface area (Å²) in [5, 5.41) is 9.20. The van der Waals surface area contributed by atoms with Crippen molar-refractivity contribution in [3.05, 3.63) is 40.4 Å². The van der Waals surface area contributed by atoms with Crippen molar-refractivity contribution >= 4 is 38.8 Å². The van der Waals surface area contributed by atoms with Gasteiger partial charge in [0.2, 0.25) is 9.84 Å². The molecule has 0 aliphatic rings. The van der Waals surface area contributed by atoms with Crippen LogP contribution in [0.1, 0.15) is 0 Å². The van der Waals surface area contributed by atoms with Gasteiger partial charge in [-0.25, -0.2) is 8.42 Å². The molecule has 0 saturated heterocycles. The summed E-state index contributed by atoms with van der Waals surface area (Å²) in [5.74, 6) is 0. The van der Waals surface area contributed by atoms with Crippen LogP contribution in [0.3, 0.4) is 0 Å². The molecule has 9 heteroatoms. The monoisotopic (exact) mass is 316 g/mol. The molecule has 0 unspecified atom stereocenters. The van der Waals surface area contributed by atoms with Crippen LogP contribution < -0.4 is 16.6 Å². The van der Waals surface area contributed by atoms with Crippen LogP contribution in [0.5, 0.6) is 0 Å². The second kappa shape index (κ2) is 6.38. The van der Waals surface area contributed by atoms with E-state index >= 15 is 0 Å². The second-order valence-electron chi connectivity index (χ2n) is 3.21. The summed E-state index contributed by atoms with van der Waals surface area (Å²) in [6.07, 6.45) is 0.961. The van der Waals surface area contributed by atoms with Gasteiger partial charge in [0.15, 0.2) is 10.0 Å². The zero-order chi connectivity index (χ0) is 14.5. The lowest BCUT2D eigenvalue weighted by atomic mass is 10.4. The van der Waals surface area contributed by atoms with Crippen LogP contribution in [0.15, 0.2) is 40.3 Å². The quantitative estimate of drug-likeness (QED) is 0.428. The lowest BCUT2D eigenvalue weighted by molar-refractivity contribution is 0.602. The Morgan fingerprint density at radius 2 is 2.00 bits per heavy atom. The van der Waals surface area contributed by atoms with Gasteiger partial charge in [0, 0.05) is 11.2 Å².